The van der Waals surface area contributed by atoms with Gasteiger partial charge in [0, 0.05) is 53.8 Å². The number of rotatable bonds is 13. The summed E-state index contributed by atoms with van der Waals surface area (Å²) in [5.74, 6) is -4.01. The molecule has 0 radical (unpaired) electrons. The zero-order valence-corrected chi connectivity index (χ0v) is 26.3. The molecule has 3 aliphatic rings. The molecule has 0 aromatic carbocycles. The number of fused-ring (bicyclic) bond motifs is 1. The number of carboxylic acids is 2. The average Bonchev–Trinajstić information content (AvgIpc) is 3.68. The van der Waals surface area contributed by atoms with Crippen molar-refractivity contribution in [3.05, 3.63) is 41.6 Å². The Hall–Kier alpha value is -4.29. The highest BCUT2D eigenvalue weighted by molar-refractivity contribution is 8.00. The van der Waals surface area contributed by atoms with Crippen LogP contribution in [0.25, 0.3) is 0 Å². The molecule has 2 atom stereocenters. The van der Waals surface area contributed by atoms with E-state index in [1.165, 1.54) is 43.4 Å². The number of carboxylic acid groups (broad SMARTS) is 2. The van der Waals surface area contributed by atoms with Crippen LogP contribution in [0.15, 0.2) is 41.0 Å². The second-order valence-corrected chi connectivity index (χ2v) is 13.0. The Kier molecular flexibility index (Phi) is 9.54. The molecule has 16 nitrogen and oxygen atoms in total. The van der Waals surface area contributed by atoms with Crippen LogP contribution in [0, 0.1) is 0 Å². The average molecular weight is 661 g/mol. The summed E-state index contributed by atoms with van der Waals surface area (Å²) in [4.78, 5) is 62.9. The molecular weight excluding hydrogens is 626 g/mol. The third-order valence-corrected chi connectivity index (χ3v) is 9.39. The third kappa shape index (κ3) is 7.18. The molecule has 2 fully saturated rings. The van der Waals surface area contributed by atoms with Crippen LogP contribution in [0.1, 0.15) is 32.5 Å². The molecular formula is C27H34N9O7S2+. The number of hydrogen-bond donors (Lipinski definition) is 5. The summed E-state index contributed by atoms with van der Waals surface area (Å²) in [5, 5.41) is 28.4. The Morgan fingerprint density at radius 1 is 1.22 bits per heavy atom. The summed E-state index contributed by atoms with van der Waals surface area (Å²) >= 11 is 2.10. The van der Waals surface area contributed by atoms with E-state index in [-0.39, 0.29) is 23.2 Å². The SMILES string of the molecule is CC(C)(ON=C(C(=O)NC1C(=O)N2C(C(=O)O)=C(C[n+]3ccc(NCCN4CCCC4)cc3)CSC12)c1nsc(N)n1)C(=O)O. The summed E-state index contributed by atoms with van der Waals surface area (Å²) in [5.41, 5.74) is 4.77. The van der Waals surface area contributed by atoms with E-state index in [1.807, 2.05) is 29.1 Å². The second kappa shape index (κ2) is 13.4. The number of β-lactam (4-membered cyclic amide) rings is 1. The van der Waals surface area contributed by atoms with Crippen molar-refractivity contribution in [1.29, 1.82) is 0 Å². The lowest BCUT2D eigenvalue weighted by Crippen LogP contribution is -2.71. The molecule has 240 valence electrons. The maximum Gasteiger partial charge on any atom is 0.352 e. The first kappa shape index (κ1) is 32.1. The molecule has 2 aromatic rings. The number of thioether (sulfide) groups is 1. The van der Waals surface area contributed by atoms with Crippen LogP contribution in [0.3, 0.4) is 0 Å². The van der Waals surface area contributed by atoms with Crippen molar-refractivity contribution in [2.45, 2.75) is 50.3 Å². The Balaban J connectivity index is 1.25. The van der Waals surface area contributed by atoms with E-state index >= 15 is 0 Å². The van der Waals surface area contributed by atoms with E-state index in [1.54, 1.807) is 0 Å². The third-order valence-electron chi connectivity index (χ3n) is 7.51. The Labute approximate surface area is 266 Å². The number of aromatic nitrogens is 3. The Bertz CT molecular complexity index is 1540. The maximum absolute atomic E-state index is 13.2. The van der Waals surface area contributed by atoms with Crippen molar-refractivity contribution in [2.24, 2.45) is 5.16 Å². The topological polar surface area (TPSA) is 217 Å². The highest BCUT2D eigenvalue weighted by atomic mass is 32.2. The largest absolute Gasteiger partial charge is 0.478 e. The number of likely N-dealkylation sites (tertiary alicyclic amines) is 1. The van der Waals surface area contributed by atoms with E-state index in [0.717, 1.165) is 43.4 Å². The lowest BCUT2D eigenvalue weighted by atomic mass is 10.0. The molecule has 3 aliphatic heterocycles. The predicted molar refractivity (Wildman–Crippen MR) is 164 cm³/mol. The van der Waals surface area contributed by atoms with E-state index in [2.05, 4.69) is 30.0 Å². The maximum atomic E-state index is 13.2. The van der Waals surface area contributed by atoms with E-state index in [4.69, 9.17) is 10.6 Å². The van der Waals surface area contributed by atoms with Gasteiger partial charge in [-0.15, -0.1) is 11.8 Å². The monoisotopic (exact) mass is 660 g/mol. The van der Waals surface area contributed by atoms with Crippen molar-refractivity contribution in [1.82, 2.24) is 24.5 Å². The van der Waals surface area contributed by atoms with Gasteiger partial charge in [0.2, 0.25) is 17.1 Å². The number of anilines is 2. The predicted octanol–water partition coefficient (Wildman–Crippen LogP) is -0.0618. The molecule has 6 N–H and O–H groups in total. The van der Waals surface area contributed by atoms with Gasteiger partial charge in [-0.3, -0.25) is 14.5 Å². The van der Waals surface area contributed by atoms with Crippen LogP contribution in [-0.4, -0.2) is 108 Å². The quantitative estimate of drug-likeness (QED) is 0.0825. The van der Waals surface area contributed by atoms with Gasteiger partial charge in [0.25, 0.3) is 11.8 Å². The fraction of sp³-hybridized carbons (Fsp3) is 0.481. The van der Waals surface area contributed by atoms with Gasteiger partial charge >= 0.3 is 11.9 Å². The van der Waals surface area contributed by atoms with Crippen LogP contribution < -0.4 is 20.9 Å². The van der Waals surface area contributed by atoms with Gasteiger partial charge in [-0.2, -0.15) is 9.36 Å². The highest BCUT2D eigenvalue weighted by Crippen LogP contribution is 2.40. The number of nitrogens with zero attached hydrogens (tertiary/aromatic N) is 6. The molecule has 2 aromatic heterocycles. The molecule has 5 heterocycles. The Morgan fingerprint density at radius 3 is 2.56 bits per heavy atom. The number of carbonyl (C=O) groups is 4. The van der Waals surface area contributed by atoms with Gasteiger partial charge in [-0.05, 0) is 39.8 Å². The molecule has 0 bridgehead atoms. The second-order valence-electron chi connectivity index (χ2n) is 11.2. The van der Waals surface area contributed by atoms with E-state index in [0.29, 0.717) is 11.3 Å². The van der Waals surface area contributed by atoms with Crippen LogP contribution in [0.2, 0.25) is 0 Å². The van der Waals surface area contributed by atoms with Gasteiger partial charge in [-0.1, -0.05) is 5.16 Å². The number of oxime groups is 1. The van der Waals surface area contributed by atoms with Crippen LogP contribution in [0.5, 0.6) is 0 Å². The molecule has 0 aliphatic carbocycles. The molecule has 18 heteroatoms. The fourth-order valence-corrected chi connectivity index (χ4v) is 6.76. The Morgan fingerprint density at radius 2 is 1.93 bits per heavy atom. The van der Waals surface area contributed by atoms with Crippen molar-refractivity contribution in [3.63, 3.8) is 0 Å². The number of nitrogens with one attached hydrogen (secondary N) is 2. The molecule has 45 heavy (non-hydrogen) atoms. The first-order valence-corrected chi connectivity index (χ1v) is 16.0. The number of hydrogen-bond acceptors (Lipinski definition) is 13. The minimum absolute atomic E-state index is 0.0294. The molecule has 2 saturated heterocycles. The first-order chi connectivity index (χ1) is 21.4. The number of amides is 2. The smallest absolute Gasteiger partial charge is 0.352 e. The highest BCUT2D eigenvalue weighted by Gasteiger charge is 2.55. The lowest BCUT2D eigenvalue weighted by molar-refractivity contribution is -0.688. The first-order valence-electron chi connectivity index (χ1n) is 14.2. The van der Waals surface area contributed by atoms with Crippen molar-refractivity contribution in [3.8, 4) is 0 Å². The number of pyridine rings is 1. The molecule has 0 saturated carbocycles. The van der Waals surface area contributed by atoms with E-state index in [9.17, 15) is 29.4 Å². The van der Waals surface area contributed by atoms with Gasteiger partial charge < -0.3 is 36.3 Å². The summed E-state index contributed by atoms with van der Waals surface area (Å²) < 4.78 is 5.80. The van der Waals surface area contributed by atoms with Gasteiger partial charge in [0.1, 0.15) is 17.1 Å². The zero-order chi connectivity index (χ0) is 32.3. The molecule has 2 unspecified atom stereocenters. The number of nitrogens with two attached hydrogens (primary N) is 1. The normalized spacial score (nSPS) is 20.4. The minimum Gasteiger partial charge on any atom is -0.478 e. The van der Waals surface area contributed by atoms with Crippen LogP contribution in [0.4, 0.5) is 10.8 Å². The fourth-order valence-electron chi connectivity index (χ4n) is 4.99. The van der Waals surface area contributed by atoms with Gasteiger partial charge in [0.15, 0.2) is 24.1 Å². The molecule has 0 spiro atoms. The van der Waals surface area contributed by atoms with Crippen molar-refractivity contribution >= 4 is 63.6 Å². The minimum atomic E-state index is -1.78. The van der Waals surface area contributed by atoms with Crippen LogP contribution in [-0.2, 0) is 30.6 Å². The van der Waals surface area contributed by atoms with Gasteiger partial charge in [-0.25, -0.2) is 14.2 Å². The van der Waals surface area contributed by atoms with Crippen molar-refractivity contribution < 1.29 is 38.8 Å². The number of aliphatic carboxylic acids is 2. The summed E-state index contributed by atoms with van der Waals surface area (Å²) in [6.07, 6.45) is 6.21. The lowest BCUT2D eigenvalue weighted by Gasteiger charge is -2.49. The van der Waals surface area contributed by atoms with Crippen LogP contribution >= 0.6 is 23.3 Å². The zero-order valence-electron chi connectivity index (χ0n) is 24.6. The van der Waals surface area contributed by atoms with Gasteiger partial charge in [0.05, 0.1) is 0 Å². The molecule has 5 rings (SSSR count). The van der Waals surface area contributed by atoms with Crippen molar-refractivity contribution in [2.75, 3.05) is 43.0 Å². The number of carbonyl (C=O) groups excluding carboxylic acids is 2. The van der Waals surface area contributed by atoms with E-state index < -0.39 is 46.5 Å². The standard InChI is InChI=1S/C27H33N9O7S2/c1-27(2,25(41)42)43-32-17(20-31-26(28)45-33-20)21(37)30-18-22(38)36-19(24(39)40)15(14-44-23(18)36)13-35-10-5-16(6-11-35)29-7-12-34-8-3-4-9-34/h5-6,10-11,18,23H,3-4,7-9,12-14H2,1-2H3,(H5,28,30,31,33,37,39,40,41,42)/p+1. The summed E-state index contributed by atoms with van der Waals surface area (Å²) in [6, 6.07) is 2.77. The molecule has 2 amide bonds. The summed E-state index contributed by atoms with van der Waals surface area (Å²) in [7, 11) is 0. The summed E-state index contributed by atoms with van der Waals surface area (Å²) in [6.45, 7) is 6.83. The number of nitrogen functional groups attached to an aromatic ring is 1.